The summed E-state index contributed by atoms with van der Waals surface area (Å²) in [5, 5.41) is 16.2. The summed E-state index contributed by atoms with van der Waals surface area (Å²) in [6.07, 6.45) is 8.36. The Bertz CT molecular complexity index is 1780. The maximum atomic E-state index is 12.7. The highest BCUT2D eigenvalue weighted by atomic mass is 127. The average molecular weight is 649 g/mol. The minimum atomic E-state index is -0.333. The SMILES string of the molecule is O=C(CC1CCNCC1)NC1=CC(c2ccc3[nH]nc(-c4nc5c(-c6cccs6)cncc5[nH]4)c3n2)=CI=C1. The van der Waals surface area contributed by atoms with Crippen molar-refractivity contribution in [2.45, 2.75) is 19.3 Å². The van der Waals surface area contributed by atoms with Gasteiger partial charge in [-0.05, 0) is 69.6 Å². The number of nitrogens with one attached hydrogen (secondary N) is 4. The Hall–Kier alpha value is -3.55. The van der Waals surface area contributed by atoms with Gasteiger partial charge in [-0.3, -0.25) is 14.9 Å². The number of aromatic amines is 2. The van der Waals surface area contributed by atoms with E-state index in [1.165, 1.54) is 0 Å². The van der Waals surface area contributed by atoms with Crippen molar-refractivity contribution in [3.8, 4) is 22.0 Å². The van der Waals surface area contributed by atoms with Crippen molar-refractivity contribution in [2.75, 3.05) is 13.1 Å². The zero-order chi connectivity index (χ0) is 26.2. The Morgan fingerprint density at radius 2 is 2.03 bits per heavy atom. The van der Waals surface area contributed by atoms with Crippen LogP contribution in [-0.2, 0) is 4.79 Å². The highest BCUT2D eigenvalue weighted by Crippen LogP contribution is 2.33. The van der Waals surface area contributed by atoms with E-state index in [-0.39, 0.29) is 26.6 Å². The Morgan fingerprint density at radius 3 is 2.90 bits per heavy atom. The number of pyridine rings is 2. The molecule has 5 aromatic heterocycles. The summed E-state index contributed by atoms with van der Waals surface area (Å²) >= 11 is 1.33. The van der Waals surface area contributed by atoms with Crippen LogP contribution in [0.15, 0.2) is 57.9 Å². The van der Waals surface area contributed by atoms with E-state index in [1.54, 1.807) is 17.5 Å². The summed E-state index contributed by atoms with van der Waals surface area (Å²) < 4.78 is 4.38. The first kappa shape index (κ1) is 24.5. The molecule has 0 aromatic carbocycles. The minimum absolute atomic E-state index is 0.0940. The lowest BCUT2D eigenvalue weighted by molar-refractivity contribution is -0.121. The quantitative estimate of drug-likeness (QED) is 0.189. The Kier molecular flexibility index (Phi) is 6.62. The lowest BCUT2D eigenvalue weighted by Crippen LogP contribution is -2.32. The molecule has 0 aliphatic carbocycles. The number of carbonyl (C=O) groups excluding carboxylic acids is 1. The fourth-order valence-corrected chi connectivity index (χ4v) is 7.56. The van der Waals surface area contributed by atoms with Crippen LogP contribution < -0.4 is 10.6 Å². The van der Waals surface area contributed by atoms with Crippen LogP contribution in [0.2, 0.25) is 0 Å². The number of nitrogens with zero attached hydrogens (tertiary/aromatic N) is 4. The van der Waals surface area contributed by atoms with Gasteiger partial charge >= 0.3 is 0 Å². The van der Waals surface area contributed by atoms with Gasteiger partial charge < -0.3 is 15.6 Å². The molecule has 196 valence electrons. The van der Waals surface area contributed by atoms with Crippen LogP contribution in [-0.4, -0.2) is 53.1 Å². The predicted molar refractivity (Wildman–Crippen MR) is 165 cm³/mol. The molecule has 0 unspecified atom stereocenters. The molecule has 1 amide bonds. The zero-order valence-electron chi connectivity index (χ0n) is 20.9. The number of aromatic nitrogens is 6. The van der Waals surface area contributed by atoms with Crippen LogP contribution in [0.3, 0.4) is 0 Å². The summed E-state index contributed by atoms with van der Waals surface area (Å²) in [5.41, 5.74) is 7.69. The fourth-order valence-electron chi connectivity index (χ4n) is 5.03. The number of hydrogen-bond acceptors (Lipinski definition) is 7. The molecular weight excluding hydrogens is 623 g/mol. The number of piperidine rings is 1. The number of amides is 1. The molecule has 0 atom stereocenters. The molecule has 7 heterocycles. The third-order valence-corrected chi connectivity index (χ3v) is 9.96. The number of carbonyl (C=O) groups is 1. The van der Waals surface area contributed by atoms with E-state index in [2.05, 4.69) is 45.0 Å². The molecule has 1 saturated heterocycles. The third-order valence-electron chi connectivity index (χ3n) is 7.00. The van der Waals surface area contributed by atoms with Gasteiger partial charge in [0.05, 0.1) is 22.9 Å². The van der Waals surface area contributed by atoms with Gasteiger partial charge in [-0.25, -0.2) is 9.97 Å². The molecule has 2 aliphatic rings. The second kappa shape index (κ2) is 10.5. The van der Waals surface area contributed by atoms with Gasteiger partial charge in [0.25, 0.3) is 0 Å². The summed E-state index contributed by atoms with van der Waals surface area (Å²) in [7, 11) is 0. The summed E-state index contributed by atoms with van der Waals surface area (Å²) in [4.78, 5) is 31.5. The van der Waals surface area contributed by atoms with Crippen LogP contribution in [0.5, 0.6) is 0 Å². The molecule has 0 radical (unpaired) electrons. The van der Waals surface area contributed by atoms with E-state index in [0.717, 1.165) is 75.4 Å². The lowest BCUT2D eigenvalue weighted by Gasteiger charge is -2.22. The Balaban J connectivity index is 1.17. The van der Waals surface area contributed by atoms with E-state index < -0.39 is 0 Å². The van der Waals surface area contributed by atoms with Gasteiger partial charge in [-0.2, -0.15) is 5.10 Å². The molecule has 1 fully saturated rings. The van der Waals surface area contributed by atoms with Gasteiger partial charge in [0.15, 0.2) is 11.5 Å². The van der Waals surface area contributed by atoms with Gasteiger partial charge in [0.2, 0.25) is 5.91 Å². The second-order valence-electron chi connectivity index (χ2n) is 9.66. The fraction of sp³-hybridized carbons (Fsp3) is 0.214. The number of fused-ring (bicyclic) bond motifs is 2. The van der Waals surface area contributed by atoms with Gasteiger partial charge in [-0.1, -0.05) is 26.8 Å². The van der Waals surface area contributed by atoms with Gasteiger partial charge in [0.1, 0.15) is 11.0 Å². The summed E-state index contributed by atoms with van der Waals surface area (Å²) in [6.45, 7) is 1.99. The monoisotopic (exact) mass is 648 g/mol. The minimum Gasteiger partial charge on any atom is -0.335 e. The number of halogens is 1. The second-order valence-corrected chi connectivity index (χ2v) is 12.6. The molecule has 0 saturated carbocycles. The van der Waals surface area contributed by atoms with E-state index >= 15 is 0 Å². The number of allylic oxidation sites excluding steroid dienone is 3. The smallest absolute Gasteiger partial charge is 0.224 e. The molecule has 0 spiro atoms. The maximum Gasteiger partial charge on any atom is 0.224 e. The van der Waals surface area contributed by atoms with Gasteiger partial charge in [0, 0.05) is 34.3 Å². The van der Waals surface area contributed by atoms with Crippen molar-refractivity contribution in [1.29, 1.82) is 0 Å². The molecule has 4 N–H and O–H groups in total. The highest BCUT2D eigenvalue weighted by Gasteiger charge is 2.19. The summed E-state index contributed by atoms with van der Waals surface area (Å²) in [5.74, 6) is 1.20. The predicted octanol–water partition coefficient (Wildman–Crippen LogP) is 5.14. The van der Waals surface area contributed by atoms with Crippen molar-refractivity contribution in [3.63, 3.8) is 0 Å². The van der Waals surface area contributed by atoms with Crippen molar-refractivity contribution in [3.05, 3.63) is 63.6 Å². The number of thiophene rings is 1. The molecule has 0 bridgehead atoms. The van der Waals surface area contributed by atoms with Crippen LogP contribution in [0, 0.1) is 5.92 Å². The first-order valence-corrected chi connectivity index (χ1v) is 16.2. The van der Waals surface area contributed by atoms with E-state index in [0.29, 0.717) is 23.9 Å². The zero-order valence-corrected chi connectivity index (χ0v) is 23.8. The topological polar surface area (TPSA) is 124 Å². The largest absolute Gasteiger partial charge is 0.335 e. The number of rotatable bonds is 6. The maximum absolute atomic E-state index is 12.7. The Morgan fingerprint density at radius 1 is 1.10 bits per heavy atom. The number of imidazole rings is 1. The molecule has 5 aromatic rings. The van der Waals surface area contributed by atoms with Crippen LogP contribution in [0.1, 0.15) is 25.0 Å². The van der Waals surface area contributed by atoms with Crippen molar-refractivity contribution >= 4 is 69.6 Å². The van der Waals surface area contributed by atoms with E-state index in [1.807, 2.05) is 35.9 Å². The molecule has 11 heteroatoms. The average Bonchev–Trinajstić information content (AvgIpc) is 3.73. The lowest BCUT2D eigenvalue weighted by atomic mass is 9.94. The first-order chi connectivity index (χ1) is 19.2. The van der Waals surface area contributed by atoms with Gasteiger partial charge in [-0.15, -0.1) is 11.3 Å². The molecule has 2 aliphatic heterocycles. The molecular formula is C28H25IN8OS. The number of hydrogen-bond donors (Lipinski definition) is 4. The van der Waals surface area contributed by atoms with Crippen molar-refractivity contribution < 1.29 is 4.79 Å². The van der Waals surface area contributed by atoms with E-state index in [4.69, 9.17) is 9.97 Å². The first-order valence-electron chi connectivity index (χ1n) is 12.8. The van der Waals surface area contributed by atoms with E-state index in [9.17, 15) is 4.79 Å². The molecule has 7 rings (SSSR count). The van der Waals surface area contributed by atoms with Crippen molar-refractivity contribution in [1.82, 2.24) is 40.8 Å². The molecule has 39 heavy (non-hydrogen) atoms. The van der Waals surface area contributed by atoms with Crippen LogP contribution in [0.25, 0.3) is 49.6 Å². The van der Waals surface area contributed by atoms with Crippen molar-refractivity contribution in [2.24, 2.45) is 5.92 Å². The standard InChI is InChI=1S/C28H25IN8OS/c38-24(10-16-5-7-30-8-6-16)32-18-11-17(12-29-13-18)20-3-4-21-26(33-20)27(37-36-21)28-34-22-15-31-14-19(25(22)35-28)23-2-1-9-39-23/h1-4,9,11-16,30H,5-8,10H2,(H,32,38)(H,34,35)(H,36,37). The highest BCUT2D eigenvalue weighted by molar-refractivity contribution is 14.2. The van der Waals surface area contributed by atoms with Crippen LogP contribution in [0.4, 0.5) is 0 Å². The third kappa shape index (κ3) is 4.97. The van der Waals surface area contributed by atoms with Crippen LogP contribution >= 0.6 is 32.1 Å². The Labute approximate surface area is 238 Å². The normalized spacial score (nSPS) is 16.2. The summed E-state index contributed by atoms with van der Waals surface area (Å²) in [6, 6.07) is 8.09. The molecule has 9 nitrogen and oxygen atoms in total. The number of H-pyrrole nitrogens is 2.